The highest BCUT2D eigenvalue weighted by Gasteiger charge is 2.33. The van der Waals surface area contributed by atoms with E-state index in [9.17, 15) is 13.2 Å². The van der Waals surface area contributed by atoms with Crippen LogP contribution >= 0.6 is 11.3 Å². The van der Waals surface area contributed by atoms with Crippen molar-refractivity contribution in [3.8, 4) is 0 Å². The maximum atomic E-state index is 13.0. The van der Waals surface area contributed by atoms with E-state index in [4.69, 9.17) is 0 Å². The number of aryl methyl sites for hydroxylation is 1. The molecule has 0 bridgehead atoms. The van der Waals surface area contributed by atoms with Crippen LogP contribution in [0, 0.1) is 12.8 Å². The highest BCUT2D eigenvalue weighted by atomic mass is 32.2. The Morgan fingerprint density at radius 3 is 2.52 bits per heavy atom. The van der Waals surface area contributed by atoms with Gasteiger partial charge < -0.3 is 5.32 Å². The Balaban J connectivity index is 1.87. The van der Waals surface area contributed by atoms with E-state index in [2.05, 4.69) is 5.32 Å². The largest absolute Gasteiger partial charge is 0.354 e. The molecule has 1 fully saturated rings. The summed E-state index contributed by atoms with van der Waals surface area (Å²) in [5.41, 5.74) is 1.01. The van der Waals surface area contributed by atoms with Crippen LogP contribution in [0.4, 0.5) is 0 Å². The van der Waals surface area contributed by atoms with Gasteiger partial charge in [0, 0.05) is 17.3 Å². The summed E-state index contributed by atoms with van der Waals surface area (Å²) in [4.78, 5) is 12.9. The van der Waals surface area contributed by atoms with Gasteiger partial charge in [0.05, 0.1) is 4.90 Å². The molecule has 6 heteroatoms. The van der Waals surface area contributed by atoms with Crippen molar-refractivity contribution in [3.63, 3.8) is 0 Å². The fourth-order valence-electron chi connectivity index (χ4n) is 2.41. The Bertz CT molecular complexity index is 776. The van der Waals surface area contributed by atoms with E-state index in [1.165, 1.54) is 11.3 Å². The number of hydrogen-bond acceptors (Lipinski definition) is 4. The predicted molar refractivity (Wildman–Crippen MR) is 91.2 cm³/mol. The summed E-state index contributed by atoms with van der Waals surface area (Å²) in [5.74, 6) is 0.0340. The van der Waals surface area contributed by atoms with Crippen LogP contribution in [0.15, 0.2) is 46.7 Å². The molecule has 4 nitrogen and oxygen atoms in total. The van der Waals surface area contributed by atoms with Gasteiger partial charge in [-0.1, -0.05) is 23.8 Å². The number of nitrogens with one attached hydrogen (secondary N) is 1. The first-order valence-electron chi connectivity index (χ1n) is 7.60. The quantitative estimate of drug-likeness (QED) is 0.871. The van der Waals surface area contributed by atoms with Crippen molar-refractivity contribution in [1.29, 1.82) is 0 Å². The van der Waals surface area contributed by atoms with Crippen molar-refractivity contribution < 1.29 is 13.2 Å². The third-order valence-corrected chi connectivity index (χ3v) is 7.23. The third kappa shape index (κ3) is 3.64. The average Bonchev–Trinajstić information content (AvgIpc) is 3.24. The lowest BCUT2D eigenvalue weighted by Gasteiger charge is -2.17. The molecule has 1 aliphatic rings. The molecular weight excluding hydrogens is 330 g/mol. The van der Waals surface area contributed by atoms with Gasteiger partial charge in [-0.2, -0.15) is 0 Å². The number of thiophene rings is 1. The number of hydrogen-bond donors (Lipinski definition) is 1. The Labute approximate surface area is 140 Å². The highest BCUT2D eigenvalue weighted by Crippen LogP contribution is 2.33. The topological polar surface area (TPSA) is 63.2 Å². The lowest BCUT2D eigenvalue weighted by atomic mass is 10.2. The van der Waals surface area contributed by atoms with E-state index in [0.717, 1.165) is 23.3 Å². The Kier molecular flexibility index (Phi) is 4.55. The molecule has 1 heterocycles. The first-order chi connectivity index (χ1) is 11.0. The molecule has 0 unspecified atom stereocenters. The van der Waals surface area contributed by atoms with E-state index in [1.54, 1.807) is 24.3 Å². The molecule has 122 valence electrons. The molecular formula is C17H19NO3S2. The maximum absolute atomic E-state index is 13.0. The molecule has 1 aliphatic carbocycles. The molecule has 1 aromatic carbocycles. The molecule has 1 atom stereocenters. The van der Waals surface area contributed by atoms with Crippen molar-refractivity contribution in [1.82, 2.24) is 5.32 Å². The maximum Gasteiger partial charge on any atom is 0.223 e. The average molecular weight is 349 g/mol. The molecule has 1 N–H and O–H groups in total. The zero-order valence-electron chi connectivity index (χ0n) is 12.9. The summed E-state index contributed by atoms with van der Waals surface area (Å²) in [6, 6.07) is 10.5. The normalized spacial score (nSPS) is 16.0. The molecule has 0 spiro atoms. The Hall–Kier alpha value is -1.66. The van der Waals surface area contributed by atoms with Gasteiger partial charge >= 0.3 is 0 Å². The SMILES string of the molecule is Cc1ccc(S(=O)(=O)[C@H](CNC(=O)C2CC2)c2cccs2)cc1. The molecule has 23 heavy (non-hydrogen) atoms. The number of rotatable bonds is 6. The van der Waals surface area contributed by atoms with Crippen molar-refractivity contribution in [2.45, 2.75) is 29.9 Å². The van der Waals surface area contributed by atoms with Crippen LogP contribution in [-0.4, -0.2) is 20.9 Å². The number of sulfone groups is 1. The Morgan fingerprint density at radius 2 is 1.96 bits per heavy atom. The fraction of sp³-hybridized carbons (Fsp3) is 0.353. The first kappa shape index (κ1) is 16.2. The monoisotopic (exact) mass is 349 g/mol. The van der Waals surface area contributed by atoms with Crippen LogP contribution in [0.1, 0.15) is 28.5 Å². The van der Waals surface area contributed by atoms with E-state index in [-0.39, 0.29) is 18.4 Å². The lowest BCUT2D eigenvalue weighted by Crippen LogP contribution is -2.32. The van der Waals surface area contributed by atoms with Crippen LogP contribution in [0.3, 0.4) is 0 Å². The highest BCUT2D eigenvalue weighted by molar-refractivity contribution is 7.91. The van der Waals surface area contributed by atoms with Crippen LogP contribution in [0.2, 0.25) is 0 Å². The van der Waals surface area contributed by atoms with Crippen LogP contribution < -0.4 is 5.32 Å². The van der Waals surface area contributed by atoms with Gasteiger partial charge in [0.15, 0.2) is 9.84 Å². The fourth-order valence-corrected chi connectivity index (χ4v) is 5.20. The predicted octanol–water partition coefficient (Wildman–Crippen LogP) is 3.10. The van der Waals surface area contributed by atoms with Crippen LogP contribution in [0.25, 0.3) is 0 Å². The number of amides is 1. The second-order valence-electron chi connectivity index (χ2n) is 5.88. The van der Waals surface area contributed by atoms with Gasteiger partial charge in [-0.3, -0.25) is 4.79 Å². The third-order valence-electron chi connectivity index (χ3n) is 3.99. The van der Waals surface area contributed by atoms with E-state index < -0.39 is 15.1 Å². The smallest absolute Gasteiger partial charge is 0.223 e. The van der Waals surface area contributed by atoms with Crippen LogP contribution in [0.5, 0.6) is 0 Å². The van der Waals surface area contributed by atoms with E-state index in [1.807, 2.05) is 24.4 Å². The van der Waals surface area contributed by atoms with Gasteiger partial charge in [-0.25, -0.2) is 8.42 Å². The lowest BCUT2D eigenvalue weighted by molar-refractivity contribution is -0.122. The van der Waals surface area contributed by atoms with Crippen LogP contribution in [-0.2, 0) is 14.6 Å². The van der Waals surface area contributed by atoms with Crippen molar-refractivity contribution in [2.24, 2.45) is 5.92 Å². The van der Waals surface area contributed by atoms with E-state index >= 15 is 0 Å². The van der Waals surface area contributed by atoms with Crippen molar-refractivity contribution in [3.05, 3.63) is 52.2 Å². The summed E-state index contributed by atoms with van der Waals surface area (Å²) in [5, 5.41) is 3.92. The molecule has 3 rings (SSSR count). The van der Waals surface area contributed by atoms with Gasteiger partial charge in [-0.05, 0) is 43.3 Å². The van der Waals surface area contributed by atoms with E-state index in [0.29, 0.717) is 4.90 Å². The first-order valence-corrected chi connectivity index (χ1v) is 10.0. The molecule has 1 aromatic heterocycles. The summed E-state index contributed by atoms with van der Waals surface area (Å²) in [6.07, 6.45) is 1.81. The second-order valence-corrected chi connectivity index (χ2v) is 8.99. The van der Waals surface area contributed by atoms with Gasteiger partial charge in [0.1, 0.15) is 5.25 Å². The van der Waals surface area contributed by atoms with Crippen molar-refractivity contribution >= 4 is 27.1 Å². The molecule has 1 amide bonds. The summed E-state index contributed by atoms with van der Waals surface area (Å²) >= 11 is 1.40. The zero-order valence-corrected chi connectivity index (χ0v) is 14.5. The number of carbonyl (C=O) groups is 1. The number of benzene rings is 1. The second kappa shape index (κ2) is 6.45. The zero-order chi connectivity index (χ0) is 16.4. The number of carbonyl (C=O) groups excluding carboxylic acids is 1. The molecule has 0 radical (unpaired) electrons. The van der Waals surface area contributed by atoms with Crippen molar-refractivity contribution in [2.75, 3.05) is 6.54 Å². The summed E-state index contributed by atoms with van der Waals surface area (Å²) in [7, 11) is -3.55. The standard InChI is InChI=1S/C17H19NO3S2/c1-12-4-8-14(9-5-12)23(20,21)16(15-3-2-10-22-15)11-18-17(19)13-6-7-13/h2-5,8-10,13,16H,6-7,11H2,1H3,(H,18,19)/t16-/m1/s1. The van der Waals surface area contributed by atoms with Gasteiger partial charge in [-0.15, -0.1) is 11.3 Å². The molecule has 0 aliphatic heterocycles. The molecule has 2 aromatic rings. The van der Waals surface area contributed by atoms with Gasteiger partial charge in [0.25, 0.3) is 0 Å². The van der Waals surface area contributed by atoms with Gasteiger partial charge in [0.2, 0.25) is 5.91 Å². The molecule has 1 saturated carbocycles. The minimum atomic E-state index is -3.55. The minimum absolute atomic E-state index is 0.0364. The minimum Gasteiger partial charge on any atom is -0.354 e. The summed E-state index contributed by atoms with van der Waals surface area (Å²) < 4.78 is 26.0. The Morgan fingerprint density at radius 1 is 1.26 bits per heavy atom. The summed E-state index contributed by atoms with van der Waals surface area (Å²) in [6.45, 7) is 2.04. The molecule has 0 saturated heterocycles.